The molecule has 0 unspecified atom stereocenters. The molecule has 1 aromatic carbocycles. The predicted octanol–water partition coefficient (Wildman–Crippen LogP) is 4.24. The van der Waals surface area contributed by atoms with Crippen molar-refractivity contribution in [3.8, 4) is 0 Å². The minimum Gasteiger partial charge on any atom is -0.369 e. The third-order valence-electron chi connectivity index (χ3n) is 3.42. The molecule has 0 saturated carbocycles. The van der Waals surface area contributed by atoms with Gasteiger partial charge in [0.05, 0.1) is 17.7 Å². The molecule has 3 nitrogen and oxygen atoms in total. The van der Waals surface area contributed by atoms with Crippen LogP contribution < -0.4 is 10.2 Å². The molecule has 0 amide bonds. The molecule has 0 radical (unpaired) electrons. The van der Waals surface area contributed by atoms with Gasteiger partial charge in [-0.1, -0.05) is 31.5 Å². The highest BCUT2D eigenvalue weighted by Crippen LogP contribution is 2.28. The quantitative estimate of drug-likeness (QED) is 0.861. The van der Waals surface area contributed by atoms with Gasteiger partial charge in [0.25, 0.3) is 0 Å². The largest absolute Gasteiger partial charge is 0.369 e. The summed E-state index contributed by atoms with van der Waals surface area (Å²) in [6, 6.07) is 6.52. The van der Waals surface area contributed by atoms with Crippen LogP contribution >= 0.6 is 22.9 Å². The minimum atomic E-state index is 0.433. The van der Waals surface area contributed by atoms with Gasteiger partial charge in [-0.2, -0.15) is 0 Å². The van der Waals surface area contributed by atoms with Gasteiger partial charge < -0.3 is 10.2 Å². The van der Waals surface area contributed by atoms with Crippen LogP contribution in [-0.2, 0) is 13.1 Å². The average molecular weight is 324 g/mol. The number of hydrogen-bond donors (Lipinski definition) is 1. The molecule has 1 aromatic heterocycles. The number of halogens is 1. The number of benzene rings is 1. The van der Waals surface area contributed by atoms with Crippen LogP contribution in [0.5, 0.6) is 0 Å². The zero-order valence-corrected chi connectivity index (χ0v) is 14.6. The third kappa shape index (κ3) is 4.19. The lowest BCUT2D eigenvalue weighted by Crippen LogP contribution is -2.25. The molecule has 0 bridgehead atoms. The molecule has 114 valence electrons. The topological polar surface area (TPSA) is 28.2 Å². The first kappa shape index (κ1) is 16.3. The SMILES string of the molecule is Cc1ncsc1CN(C)c1cccc(Cl)c1CNC(C)C. The van der Waals surface area contributed by atoms with E-state index in [0.717, 1.165) is 29.4 Å². The molecule has 5 heteroatoms. The van der Waals surface area contributed by atoms with Gasteiger partial charge in [0.2, 0.25) is 0 Å². The van der Waals surface area contributed by atoms with Crippen molar-refractivity contribution in [2.75, 3.05) is 11.9 Å². The predicted molar refractivity (Wildman–Crippen MR) is 92.4 cm³/mol. The molecule has 0 aliphatic carbocycles. The third-order valence-corrected chi connectivity index (χ3v) is 4.69. The van der Waals surface area contributed by atoms with Crippen LogP contribution in [0.1, 0.15) is 30.0 Å². The molecule has 0 atom stereocenters. The summed E-state index contributed by atoms with van der Waals surface area (Å²) >= 11 is 8.09. The number of aryl methyl sites for hydroxylation is 1. The standard InChI is InChI=1S/C16H22ClN3S/c1-11(2)18-8-13-14(17)6-5-7-15(13)20(4)9-16-12(3)19-10-21-16/h5-7,10-11,18H,8-9H2,1-4H3. The first-order valence-electron chi connectivity index (χ1n) is 7.10. The lowest BCUT2D eigenvalue weighted by molar-refractivity contribution is 0.588. The van der Waals surface area contributed by atoms with Crippen molar-refractivity contribution < 1.29 is 0 Å². The minimum absolute atomic E-state index is 0.433. The van der Waals surface area contributed by atoms with Crippen molar-refractivity contribution in [1.82, 2.24) is 10.3 Å². The normalized spacial score (nSPS) is 11.1. The number of hydrogen-bond acceptors (Lipinski definition) is 4. The van der Waals surface area contributed by atoms with E-state index in [1.165, 1.54) is 10.6 Å². The fourth-order valence-corrected chi connectivity index (χ4v) is 3.23. The van der Waals surface area contributed by atoms with Gasteiger partial charge in [-0.3, -0.25) is 0 Å². The zero-order valence-electron chi connectivity index (χ0n) is 13.0. The van der Waals surface area contributed by atoms with Gasteiger partial charge in [0.15, 0.2) is 0 Å². The van der Waals surface area contributed by atoms with Gasteiger partial charge in [-0.15, -0.1) is 11.3 Å². The Kier molecular flexibility index (Phi) is 5.62. The molecule has 0 aliphatic rings. The van der Waals surface area contributed by atoms with E-state index in [0.29, 0.717) is 6.04 Å². The van der Waals surface area contributed by atoms with Gasteiger partial charge in [-0.05, 0) is 19.1 Å². The van der Waals surface area contributed by atoms with E-state index < -0.39 is 0 Å². The summed E-state index contributed by atoms with van der Waals surface area (Å²) in [5.41, 5.74) is 5.33. The fraction of sp³-hybridized carbons (Fsp3) is 0.438. The Bertz CT molecular complexity index is 595. The first-order valence-corrected chi connectivity index (χ1v) is 8.35. The Morgan fingerprint density at radius 2 is 2.14 bits per heavy atom. The van der Waals surface area contributed by atoms with E-state index in [1.54, 1.807) is 11.3 Å². The Labute approximate surface area is 136 Å². The van der Waals surface area contributed by atoms with Crippen molar-refractivity contribution in [3.05, 3.63) is 44.9 Å². The maximum Gasteiger partial charge on any atom is 0.0798 e. The maximum absolute atomic E-state index is 6.39. The molecule has 1 heterocycles. The van der Waals surface area contributed by atoms with Crippen LogP contribution in [0.4, 0.5) is 5.69 Å². The summed E-state index contributed by atoms with van der Waals surface area (Å²) < 4.78 is 0. The van der Waals surface area contributed by atoms with Crippen molar-refractivity contribution in [2.45, 2.75) is 39.9 Å². The molecule has 2 aromatic rings. The first-order chi connectivity index (χ1) is 9.99. The summed E-state index contributed by atoms with van der Waals surface area (Å²) in [7, 11) is 2.10. The molecule has 0 aliphatic heterocycles. The van der Waals surface area contributed by atoms with E-state index in [1.807, 2.05) is 17.6 Å². The summed E-state index contributed by atoms with van der Waals surface area (Å²) in [5, 5.41) is 4.26. The Morgan fingerprint density at radius 1 is 1.38 bits per heavy atom. The van der Waals surface area contributed by atoms with Crippen LogP contribution in [-0.4, -0.2) is 18.1 Å². The summed E-state index contributed by atoms with van der Waals surface area (Å²) in [6.07, 6.45) is 0. The number of nitrogens with one attached hydrogen (secondary N) is 1. The maximum atomic E-state index is 6.39. The van der Waals surface area contributed by atoms with Gasteiger partial charge in [-0.25, -0.2) is 4.98 Å². The Hall–Kier alpha value is -1.10. The van der Waals surface area contributed by atoms with Crippen molar-refractivity contribution in [1.29, 1.82) is 0 Å². The summed E-state index contributed by atoms with van der Waals surface area (Å²) in [4.78, 5) is 7.85. The zero-order chi connectivity index (χ0) is 15.4. The highest BCUT2D eigenvalue weighted by Gasteiger charge is 2.13. The molecule has 0 fully saturated rings. The second-order valence-corrected chi connectivity index (χ2v) is 6.84. The summed E-state index contributed by atoms with van der Waals surface area (Å²) in [6.45, 7) is 7.96. The van der Waals surface area contributed by atoms with Crippen LogP contribution in [0.15, 0.2) is 23.7 Å². The van der Waals surface area contributed by atoms with Crippen molar-refractivity contribution >= 4 is 28.6 Å². The van der Waals surface area contributed by atoms with Crippen molar-refractivity contribution in [2.24, 2.45) is 0 Å². The number of nitrogens with zero attached hydrogens (tertiary/aromatic N) is 2. The smallest absolute Gasteiger partial charge is 0.0798 e. The lowest BCUT2D eigenvalue weighted by atomic mass is 10.1. The molecule has 21 heavy (non-hydrogen) atoms. The molecule has 2 rings (SSSR count). The fourth-order valence-electron chi connectivity index (χ4n) is 2.16. The number of anilines is 1. The summed E-state index contributed by atoms with van der Waals surface area (Å²) in [5.74, 6) is 0. The van der Waals surface area contributed by atoms with Crippen LogP contribution in [0, 0.1) is 6.92 Å². The van der Waals surface area contributed by atoms with Crippen LogP contribution in [0.2, 0.25) is 5.02 Å². The van der Waals surface area contributed by atoms with Gasteiger partial charge in [0, 0.05) is 40.8 Å². The Balaban J connectivity index is 2.21. The van der Waals surface area contributed by atoms with Crippen molar-refractivity contribution in [3.63, 3.8) is 0 Å². The second kappa shape index (κ2) is 7.25. The van der Waals surface area contributed by atoms with Crippen LogP contribution in [0.3, 0.4) is 0 Å². The van der Waals surface area contributed by atoms with E-state index >= 15 is 0 Å². The van der Waals surface area contributed by atoms with E-state index in [9.17, 15) is 0 Å². The van der Waals surface area contributed by atoms with Gasteiger partial charge >= 0.3 is 0 Å². The monoisotopic (exact) mass is 323 g/mol. The Morgan fingerprint density at radius 3 is 2.76 bits per heavy atom. The molecular weight excluding hydrogens is 302 g/mol. The highest BCUT2D eigenvalue weighted by atomic mass is 35.5. The highest BCUT2D eigenvalue weighted by molar-refractivity contribution is 7.09. The lowest BCUT2D eigenvalue weighted by Gasteiger charge is -2.23. The van der Waals surface area contributed by atoms with Gasteiger partial charge in [0.1, 0.15) is 0 Å². The average Bonchev–Trinajstić information content (AvgIpc) is 2.82. The molecule has 0 spiro atoms. The number of aromatic nitrogens is 1. The van der Waals surface area contributed by atoms with Crippen LogP contribution in [0.25, 0.3) is 0 Å². The number of thiazole rings is 1. The number of rotatable bonds is 6. The molecular formula is C16H22ClN3S. The molecule has 1 N–H and O–H groups in total. The molecule has 0 saturated heterocycles. The van der Waals surface area contributed by atoms with E-state index in [4.69, 9.17) is 11.6 Å². The van der Waals surface area contributed by atoms with E-state index in [-0.39, 0.29) is 0 Å². The second-order valence-electron chi connectivity index (χ2n) is 5.49. The van der Waals surface area contributed by atoms with E-state index in [2.05, 4.69) is 49.1 Å².